The Kier molecular flexibility index (Phi) is 4.87. The number of benzene rings is 2. The maximum atomic E-state index is 14.0. The van der Waals surface area contributed by atoms with Crippen LogP contribution < -0.4 is 5.32 Å². The highest BCUT2D eigenvalue weighted by molar-refractivity contribution is 7.89. The van der Waals surface area contributed by atoms with Gasteiger partial charge in [0.2, 0.25) is 10.0 Å². The molecular weight excluding hydrogens is 358 g/mol. The van der Waals surface area contributed by atoms with E-state index in [0.29, 0.717) is 29.7 Å². The fraction of sp³-hybridized carbons (Fsp3) is 0.250. The number of hydrogen-bond acceptors (Lipinski definition) is 3. The van der Waals surface area contributed by atoms with Crippen LogP contribution in [0.25, 0.3) is 0 Å². The topological polar surface area (TPSA) is 49.4 Å². The smallest absolute Gasteiger partial charge is 0.246 e. The second-order valence-electron chi connectivity index (χ2n) is 5.47. The first-order valence-electron chi connectivity index (χ1n) is 7.32. The fourth-order valence-corrected chi connectivity index (χ4v) is 4.66. The lowest BCUT2D eigenvalue weighted by Crippen LogP contribution is -2.48. The number of nitrogens with one attached hydrogen (secondary N) is 1. The zero-order chi connectivity index (χ0) is 17.3. The zero-order valence-electron chi connectivity index (χ0n) is 12.5. The lowest BCUT2D eigenvalue weighted by Gasteiger charge is -2.35. The number of piperazine rings is 1. The van der Waals surface area contributed by atoms with Crippen molar-refractivity contribution >= 4 is 21.6 Å². The third-order valence-electron chi connectivity index (χ3n) is 3.91. The molecule has 0 aliphatic carbocycles. The van der Waals surface area contributed by atoms with Crippen LogP contribution in [0.5, 0.6) is 0 Å². The highest BCUT2D eigenvalue weighted by Gasteiger charge is 2.36. The maximum absolute atomic E-state index is 14.0. The van der Waals surface area contributed by atoms with Gasteiger partial charge in [-0.05, 0) is 35.9 Å². The highest BCUT2D eigenvalue weighted by atomic mass is 35.5. The average Bonchev–Trinajstić information content (AvgIpc) is 2.57. The van der Waals surface area contributed by atoms with E-state index in [1.807, 2.05) is 0 Å². The first kappa shape index (κ1) is 17.3. The SMILES string of the molecule is O=S(=O)(c1cc(F)ccc1F)N1CCNCC1c1cccc(Cl)c1. The number of rotatable bonds is 3. The molecule has 0 aromatic heterocycles. The van der Waals surface area contributed by atoms with Crippen LogP contribution in [0.15, 0.2) is 47.4 Å². The van der Waals surface area contributed by atoms with Crippen molar-refractivity contribution in [1.82, 2.24) is 9.62 Å². The molecule has 0 bridgehead atoms. The second kappa shape index (κ2) is 6.76. The number of sulfonamides is 1. The van der Waals surface area contributed by atoms with Gasteiger partial charge in [-0.3, -0.25) is 0 Å². The number of nitrogens with zero attached hydrogens (tertiary/aromatic N) is 1. The normalized spacial score (nSPS) is 19.4. The minimum absolute atomic E-state index is 0.148. The van der Waals surface area contributed by atoms with Gasteiger partial charge in [0, 0.05) is 24.7 Å². The summed E-state index contributed by atoms with van der Waals surface area (Å²) < 4.78 is 54.4. The van der Waals surface area contributed by atoms with Crippen molar-refractivity contribution in [3.8, 4) is 0 Å². The first-order valence-corrected chi connectivity index (χ1v) is 9.14. The van der Waals surface area contributed by atoms with E-state index in [-0.39, 0.29) is 6.54 Å². The van der Waals surface area contributed by atoms with Crippen LogP contribution in [0.3, 0.4) is 0 Å². The third-order valence-corrected chi connectivity index (χ3v) is 6.07. The van der Waals surface area contributed by atoms with Crippen LogP contribution in [0, 0.1) is 11.6 Å². The summed E-state index contributed by atoms with van der Waals surface area (Å²) in [6.45, 7) is 0.930. The summed E-state index contributed by atoms with van der Waals surface area (Å²) in [5.41, 5.74) is 0.690. The molecular formula is C16H15ClF2N2O2S. The summed E-state index contributed by atoms with van der Waals surface area (Å²) in [5.74, 6) is -1.77. The molecule has 1 N–H and O–H groups in total. The van der Waals surface area contributed by atoms with E-state index in [2.05, 4.69) is 5.32 Å². The third kappa shape index (κ3) is 3.30. The summed E-state index contributed by atoms with van der Waals surface area (Å²) in [6.07, 6.45) is 0. The predicted molar refractivity (Wildman–Crippen MR) is 87.3 cm³/mol. The van der Waals surface area contributed by atoms with Crippen molar-refractivity contribution < 1.29 is 17.2 Å². The van der Waals surface area contributed by atoms with E-state index >= 15 is 0 Å². The molecule has 128 valence electrons. The van der Waals surface area contributed by atoms with Crippen molar-refractivity contribution in [3.63, 3.8) is 0 Å². The highest BCUT2D eigenvalue weighted by Crippen LogP contribution is 2.31. The van der Waals surface area contributed by atoms with Gasteiger partial charge < -0.3 is 5.32 Å². The lowest BCUT2D eigenvalue weighted by atomic mass is 10.1. The number of hydrogen-bond donors (Lipinski definition) is 1. The van der Waals surface area contributed by atoms with Gasteiger partial charge in [0.1, 0.15) is 16.5 Å². The Morgan fingerprint density at radius 1 is 1.17 bits per heavy atom. The first-order chi connectivity index (χ1) is 11.4. The molecule has 2 aromatic carbocycles. The van der Waals surface area contributed by atoms with Crippen molar-refractivity contribution in [2.45, 2.75) is 10.9 Å². The fourth-order valence-electron chi connectivity index (χ4n) is 2.77. The van der Waals surface area contributed by atoms with Crippen molar-refractivity contribution in [2.75, 3.05) is 19.6 Å². The molecule has 8 heteroatoms. The van der Waals surface area contributed by atoms with Gasteiger partial charge in [-0.1, -0.05) is 23.7 Å². The van der Waals surface area contributed by atoms with Gasteiger partial charge in [-0.15, -0.1) is 0 Å². The van der Waals surface area contributed by atoms with Crippen molar-refractivity contribution in [2.24, 2.45) is 0 Å². The Balaban J connectivity index is 2.05. The molecule has 1 aliphatic heterocycles. The summed E-state index contributed by atoms with van der Waals surface area (Å²) in [5, 5.41) is 3.59. The second-order valence-corrected chi connectivity index (χ2v) is 7.76. The Labute approximate surface area is 144 Å². The van der Waals surface area contributed by atoms with E-state index in [1.54, 1.807) is 24.3 Å². The standard InChI is InChI=1S/C16H15ClF2N2O2S/c17-12-3-1-2-11(8-12)15-10-20-6-7-21(15)24(22,23)16-9-13(18)4-5-14(16)19/h1-5,8-9,15,20H,6-7,10H2. The summed E-state index contributed by atoms with van der Waals surface area (Å²) >= 11 is 5.99. The van der Waals surface area contributed by atoms with Crippen LogP contribution in [0.4, 0.5) is 8.78 Å². The van der Waals surface area contributed by atoms with Gasteiger partial charge in [-0.25, -0.2) is 17.2 Å². The summed E-state index contributed by atoms with van der Waals surface area (Å²) in [4.78, 5) is -0.656. The van der Waals surface area contributed by atoms with Crippen LogP contribution in [-0.4, -0.2) is 32.4 Å². The van der Waals surface area contributed by atoms with E-state index in [4.69, 9.17) is 11.6 Å². The lowest BCUT2D eigenvalue weighted by molar-refractivity contribution is 0.270. The van der Waals surface area contributed by atoms with Gasteiger partial charge in [0.25, 0.3) is 0 Å². The van der Waals surface area contributed by atoms with E-state index in [0.717, 1.165) is 12.1 Å². The average molecular weight is 373 g/mol. The molecule has 1 atom stereocenters. The predicted octanol–water partition coefficient (Wildman–Crippen LogP) is 2.95. The Hall–Kier alpha value is -1.54. The minimum atomic E-state index is -4.19. The molecule has 4 nitrogen and oxygen atoms in total. The van der Waals surface area contributed by atoms with Crippen molar-refractivity contribution in [3.05, 3.63) is 64.7 Å². The molecule has 0 saturated carbocycles. The van der Waals surface area contributed by atoms with Crippen LogP contribution in [0.1, 0.15) is 11.6 Å². The molecule has 1 aliphatic rings. The van der Waals surface area contributed by atoms with Gasteiger partial charge in [0.15, 0.2) is 0 Å². The molecule has 0 radical (unpaired) electrons. The number of halogens is 3. The zero-order valence-corrected chi connectivity index (χ0v) is 14.1. The Bertz CT molecular complexity index is 861. The molecule has 1 heterocycles. The Morgan fingerprint density at radius 2 is 1.96 bits per heavy atom. The van der Waals surface area contributed by atoms with E-state index < -0.39 is 32.6 Å². The molecule has 24 heavy (non-hydrogen) atoms. The summed E-state index contributed by atoms with van der Waals surface area (Å²) in [7, 11) is -4.19. The van der Waals surface area contributed by atoms with Gasteiger partial charge in [0.05, 0.1) is 6.04 Å². The molecule has 3 rings (SSSR count). The van der Waals surface area contributed by atoms with E-state index in [1.165, 1.54) is 4.31 Å². The van der Waals surface area contributed by atoms with Crippen LogP contribution in [-0.2, 0) is 10.0 Å². The van der Waals surface area contributed by atoms with E-state index in [9.17, 15) is 17.2 Å². The van der Waals surface area contributed by atoms with Crippen molar-refractivity contribution in [1.29, 1.82) is 0 Å². The molecule has 2 aromatic rings. The minimum Gasteiger partial charge on any atom is -0.313 e. The Morgan fingerprint density at radius 3 is 2.71 bits per heavy atom. The molecule has 1 saturated heterocycles. The van der Waals surface area contributed by atoms with Crippen LogP contribution >= 0.6 is 11.6 Å². The summed E-state index contributed by atoms with van der Waals surface area (Å²) in [6, 6.07) is 8.70. The van der Waals surface area contributed by atoms with Crippen LogP contribution in [0.2, 0.25) is 5.02 Å². The van der Waals surface area contributed by atoms with Gasteiger partial charge in [-0.2, -0.15) is 4.31 Å². The molecule has 1 unspecified atom stereocenters. The largest absolute Gasteiger partial charge is 0.313 e. The van der Waals surface area contributed by atoms with Gasteiger partial charge >= 0.3 is 0 Å². The quantitative estimate of drug-likeness (QED) is 0.901. The molecule has 0 spiro atoms. The molecule has 1 fully saturated rings. The maximum Gasteiger partial charge on any atom is 0.246 e. The molecule has 0 amide bonds. The monoisotopic (exact) mass is 372 g/mol.